The van der Waals surface area contributed by atoms with Gasteiger partial charge in [-0.05, 0) is 51.1 Å². The second kappa shape index (κ2) is 10.9. The number of nitrogens with zero attached hydrogens (tertiary/aromatic N) is 4. The van der Waals surface area contributed by atoms with Gasteiger partial charge >= 0.3 is 0 Å². The Morgan fingerprint density at radius 1 is 1.00 bits per heavy atom. The molecule has 2 heterocycles. The quantitative estimate of drug-likeness (QED) is 0.294. The molecule has 0 aromatic carbocycles. The van der Waals surface area contributed by atoms with Gasteiger partial charge < -0.3 is 20.0 Å². The zero-order chi connectivity index (χ0) is 16.8. The fraction of sp³-hybridized carbons (Fsp3) is 0.947. The summed E-state index contributed by atoms with van der Waals surface area (Å²) in [5.74, 6) is 2.99. The molecule has 1 saturated carbocycles. The van der Waals surface area contributed by atoms with Gasteiger partial charge in [0.15, 0.2) is 5.96 Å². The predicted molar refractivity (Wildman–Crippen MR) is 117 cm³/mol. The lowest BCUT2D eigenvalue weighted by atomic mass is 9.82. The summed E-state index contributed by atoms with van der Waals surface area (Å²) in [5, 5.41) is 3.62. The Kier molecular flexibility index (Phi) is 9.27. The maximum Gasteiger partial charge on any atom is 0.193 e. The van der Waals surface area contributed by atoms with Crippen LogP contribution in [0.25, 0.3) is 0 Å². The van der Waals surface area contributed by atoms with E-state index in [0.717, 1.165) is 24.3 Å². The van der Waals surface area contributed by atoms with Crippen LogP contribution in [0.2, 0.25) is 0 Å². The molecule has 25 heavy (non-hydrogen) atoms. The van der Waals surface area contributed by atoms with Crippen LogP contribution in [0.5, 0.6) is 0 Å². The molecule has 2 unspecified atom stereocenters. The standard InChI is InChI=1S/C19H37N5.HI/c1-20-19(24-15-17-7-3-4-8-18(17)16-24)21-9-5-6-10-23-13-11-22(2)12-14-23;/h17-18H,3-16H2,1-2H3,(H,20,21);1H. The number of piperazine rings is 1. The van der Waals surface area contributed by atoms with Crippen LogP contribution in [0.4, 0.5) is 0 Å². The van der Waals surface area contributed by atoms with Crippen molar-refractivity contribution in [3.05, 3.63) is 0 Å². The van der Waals surface area contributed by atoms with E-state index in [1.807, 2.05) is 7.05 Å². The largest absolute Gasteiger partial charge is 0.356 e. The van der Waals surface area contributed by atoms with E-state index in [1.165, 1.54) is 84.3 Å². The first-order valence-electron chi connectivity index (χ1n) is 10.1. The van der Waals surface area contributed by atoms with Gasteiger partial charge in [-0.15, -0.1) is 24.0 Å². The highest BCUT2D eigenvalue weighted by Crippen LogP contribution is 2.35. The molecule has 0 aromatic heterocycles. The van der Waals surface area contributed by atoms with E-state index >= 15 is 0 Å². The van der Waals surface area contributed by atoms with Crippen molar-refractivity contribution in [3.8, 4) is 0 Å². The number of aliphatic imine (C=N–C) groups is 1. The number of rotatable bonds is 5. The highest BCUT2D eigenvalue weighted by molar-refractivity contribution is 14.0. The first kappa shape index (κ1) is 21.2. The Morgan fingerprint density at radius 3 is 2.24 bits per heavy atom. The summed E-state index contributed by atoms with van der Waals surface area (Å²) in [6.07, 6.45) is 8.28. The van der Waals surface area contributed by atoms with Crippen molar-refractivity contribution in [1.82, 2.24) is 20.0 Å². The predicted octanol–water partition coefficient (Wildman–Crippen LogP) is 2.33. The molecule has 6 heteroatoms. The van der Waals surface area contributed by atoms with E-state index < -0.39 is 0 Å². The lowest BCUT2D eigenvalue weighted by molar-refractivity contribution is 0.152. The fourth-order valence-electron chi connectivity index (χ4n) is 4.64. The van der Waals surface area contributed by atoms with Crippen molar-refractivity contribution in [2.75, 3.05) is 66.5 Å². The van der Waals surface area contributed by atoms with Crippen LogP contribution < -0.4 is 5.32 Å². The third-order valence-electron chi connectivity index (χ3n) is 6.27. The molecule has 1 aliphatic carbocycles. The molecule has 3 rings (SSSR count). The van der Waals surface area contributed by atoms with Gasteiger partial charge in [-0.2, -0.15) is 0 Å². The molecule has 1 N–H and O–H groups in total. The number of nitrogens with one attached hydrogen (secondary N) is 1. The monoisotopic (exact) mass is 463 g/mol. The zero-order valence-electron chi connectivity index (χ0n) is 16.3. The lowest BCUT2D eigenvalue weighted by Crippen LogP contribution is -2.44. The molecule has 146 valence electrons. The van der Waals surface area contributed by atoms with Crippen LogP contribution in [-0.2, 0) is 0 Å². The highest BCUT2D eigenvalue weighted by Gasteiger charge is 2.35. The molecule has 2 aliphatic heterocycles. The minimum Gasteiger partial charge on any atom is -0.356 e. The van der Waals surface area contributed by atoms with Gasteiger partial charge in [-0.3, -0.25) is 4.99 Å². The first-order valence-corrected chi connectivity index (χ1v) is 10.1. The molecule has 0 spiro atoms. The van der Waals surface area contributed by atoms with Crippen molar-refractivity contribution >= 4 is 29.9 Å². The van der Waals surface area contributed by atoms with E-state index in [9.17, 15) is 0 Å². The SMILES string of the molecule is CN=C(NCCCCN1CCN(C)CC1)N1CC2CCCCC2C1.I. The Balaban J connectivity index is 0.00000225. The second-order valence-corrected chi connectivity index (χ2v) is 8.04. The van der Waals surface area contributed by atoms with Gasteiger partial charge in [-0.25, -0.2) is 0 Å². The number of halogens is 1. The van der Waals surface area contributed by atoms with Gasteiger partial charge in [0, 0.05) is 52.9 Å². The summed E-state index contributed by atoms with van der Waals surface area (Å²) >= 11 is 0. The van der Waals surface area contributed by atoms with Gasteiger partial charge in [0.05, 0.1) is 0 Å². The normalized spacial score (nSPS) is 28.6. The smallest absolute Gasteiger partial charge is 0.193 e. The summed E-state index contributed by atoms with van der Waals surface area (Å²) in [6, 6.07) is 0. The average Bonchev–Trinajstić information content (AvgIpc) is 3.03. The third-order valence-corrected chi connectivity index (χ3v) is 6.27. The summed E-state index contributed by atoms with van der Waals surface area (Å²) in [5.41, 5.74) is 0. The third kappa shape index (κ3) is 6.24. The molecule has 3 aliphatic rings. The van der Waals surface area contributed by atoms with Crippen LogP contribution in [0.15, 0.2) is 4.99 Å². The second-order valence-electron chi connectivity index (χ2n) is 8.04. The van der Waals surface area contributed by atoms with Gasteiger partial charge in [-0.1, -0.05) is 12.8 Å². The van der Waals surface area contributed by atoms with Crippen molar-refractivity contribution in [3.63, 3.8) is 0 Å². The summed E-state index contributed by atoms with van der Waals surface area (Å²) < 4.78 is 0. The summed E-state index contributed by atoms with van der Waals surface area (Å²) in [4.78, 5) is 12.1. The molecule has 0 aromatic rings. The van der Waals surface area contributed by atoms with E-state index in [-0.39, 0.29) is 24.0 Å². The maximum atomic E-state index is 4.54. The van der Waals surface area contributed by atoms with Crippen molar-refractivity contribution in [2.24, 2.45) is 16.8 Å². The number of hydrogen-bond acceptors (Lipinski definition) is 3. The van der Waals surface area contributed by atoms with Crippen LogP contribution in [0, 0.1) is 11.8 Å². The number of hydrogen-bond donors (Lipinski definition) is 1. The molecular weight excluding hydrogens is 425 g/mol. The van der Waals surface area contributed by atoms with Crippen LogP contribution in [0.1, 0.15) is 38.5 Å². The van der Waals surface area contributed by atoms with Gasteiger partial charge in [0.1, 0.15) is 0 Å². The molecule has 0 radical (unpaired) electrons. The molecule has 0 bridgehead atoms. The minimum atomic E-state index is 0. The number of likely N-dealkylation sites (tertiary alicyclic amines) is 1. The Morgan fingerprint density at radius 2 is 1.64 bits per heavy atom. The Bertz CT molecular complexity index is 395. The summed E-state index contributed by atoms with van der Waals surface area (Å²) in [6.45, 7) is 9.69. The van der Waals surface area contributed by atoms with E-state index in [4.69, 9.17) is 0 Å². The topological polar surface area (TPSA) is 34.1 Å². The maximum absolute atomic E-state index is 4.54. The molecule has 3 fully saturated rings. The fourth-order valence-corrected chi connectivity index (χ4v) is 4.64. The van der Waals surface area contributed by atoms with Crippen LogP contribution >= 0.6 is 24.0 Å². The minimum absolute atomic E-state index is 0. The molecule has 5 nitrogen and oxygen atoms in total. The summed E-state index contributed by atoms with van der Waals surface area (Å²) in [7, 11) is 4.16. The molecule has 0 amide bonds. The Hall–Kier alpha value is -0.0800. The van der Waals surface area contributed by atoms with Gasteiger partial charge in [0.25, 0.3) is 0 Å². The average molecular weight is 463 g/mol. The van der Waals surface area contributed by atoms with Crippen molar-refractivity contribution in [1.29, 1.82) is 0 Å². The van der Waals surface area contributed by atoms with E-state index in [1.54, 1.807) is 0 Å². The zero-order valence-corrected chi connectivity index (χ0v) is 18.6. The van der Waals surface area contributed by atoms with Gasteiger partial charge in [0.2, 0.25) is 0 Å². The number of fused-ring (bicyclic) bond motifs is 1. The molecular formula is C19H38IN5. The first-order chi connectivity index (χ1) is 11.8. The van der Waals surface area contributed by atoms with E-state index in [2.05, 4.69) is 32.1 Å². The number of likely N-dealkylation sites (N-methyl/N-ethyl adjacent to an activating group) is 1. The van der Waals surface area contributed by atoms with Crippen molar-refractivity contribution in [2.45, 2.75) is 38.5 Å². The number of guanidine groups is 1. The molecule has 2 atom stereocenters. The highest BCUT2D eigenvalue weighted by atomic mass is 127. The van der Waals surface area contributed by atoms with Crippen LogP contribution in [0.3, 0.4) is 0 Å². The van der Waals surface area contributed by atoms with E-state index in [0.29, 0.717) is 0 Å². The van der Waals surface area contributed by atoms with Crippen molar-refractivity contribution < 1.29 is 0 Å². The van der Waals surface area contributed by atoms with Crippen LogP contribution in [-0.4, -0.2) is 87.1 Å². The lowest BCUT2D eigenvalue weighted by Gasteiger charge is -2.32. The Labute approximate surface area is 171 Å². The number of unbranched alkanes of at least 4 members (excludes halogenated alkanes) is 1. The molecule has 2 saturated heterocycles.